The van der Waals surface area contributed by atoms with E-state index in [0.717, 1.165) is 0 Å². The molecule has 5 aromatic rings. The van der Waals surface area contributed by atoms with Crippen molar-refractivity contribution >= 4 is 21.5 Å². The molecule has 0 spiro atoms. The second kappa shape index (κ2) is 12.0. The van der Waals surface area contributed by atoms with Crippen molar-refractivity contribution < 1.29 is 0 Å². The van der Waals surface area contributed by atoms with Crippen molar-refractivity contribution in [1.82, 2.24) is 0 Å². The Morgan fingerprint density at radius 3 is 1.08 bits per heavy atom. The Balaban J connectivity index is 0.000000160. The van der Waals surface area contributed by atoms with Crippen LogP contribution in [0.5, 0.6) is 0 Å². The van der Waals surface area contributed by atoms with Crippen molar-refractivity contribution in [2.75, 3.05) is 0 Å². The maximum Gasteiger partial charge on any atom is -0.0132 e. The van der Waals surface area contributed by atoms with Crippen molar-refractivity contribution in [3.63, 3.8) is 0 Å². The predicted molar refractivity (Wildman–Crippen MR) is 171 cm³/mol. The summed E-state index contributed by atoms with van der Waals surface area (Å²) in [6.45, 7) is 22.2. The molecule has 5 rings (SSSR count). The molecule has 0 unspecified atom stereocenters. The zero-order valence-electron chi connectivity index (χ0n) is 25.2. The molecule has 0 heteroatoms. The van der Waals surface area contributed by atoms with Gasteiger partial charge in [-0.2, -0.15) is 0 Å². The maximum absolute atomic E-state index is 2.35. The van der Waals surface area contributed by atoms with Gasteiger partial charge in [0.05, 0.1) is 0 Å². The Hall–Kier alpha value is -3.38. The van der Waals surface area contributed by atoms with Gasteiger partial charge < -0.3 is 0 Å². The number of fused-ring (bicyclic) bond motifs is 2. The van der Waals surface area contributed by atoms with E-state index in [1.165, 1.54) is 54.9 Å². The number of aryl methyl sites for hydroxylation is 4. The number of hydrogen-bond acceptors (Lipinski definition) is 0. The lowest BCUT2D eigenvalue weighted by molar-refractivity contribution is 0.567. The van der Waals surface area contributed by atoms with Crippen LogP contribution >= 0.6 is 0 Å². The average molecular weight is 503 g/mol. The minimum absolute atomic E-state index is 0.242. The van der Waals surface area contributed by atoms with Crippen LogP contribution in [-0.4, -0.2) is 0 Å². The van der Waals surface area contributed by atoms with Gasteiger partial charge in [-0.05, 0) is 71.2 Å². The topological polar surface area (TPSA) is 0 Å². The second-order valence-corrected chi connectivity index (χ2v) is 12.8. The van der Waals surface area contributed by atoms with Gasteiger partial charge in [0.1, 0.15) is 0 Å². The highest BCUT2D eigenvalue weighted by molar-refractivity contribution is 5.84. The van der Waals surface area contributed by atoms with Crippen molar-refractivity contribution in [1.29, 1.82) is 0 Å². The van der Waals surface area contributed by atoms with E-state index in [2.05, 4.69) is 166 Å². The summed E-state index contributed by atoms with van der Waals surface area (Å²) in [7, 11) is 0. The minimum atomic E-state index is 0.242. The van der Waals surface area contributed by atoms with Gasteiger partial charge in [-0.1, -0.05) is 161 Å². The molecule has 0 aromatic heterocycles. The summed E-state index contributed by atoms with van der Waals surface area (Å²) in [4.78, 5) is 0. The molecule has 0 aliphatic carbocycles. The average Bonchev–Trinajstić information content (AvgIpc) is 2.83. The lowest BCUT2D eigenvalue weighted by Crippen LogP contribution is -2.16. The van der Waals surface area contributed by atoms with Gasteiger partial charge in [0.25, 0.3) is 0 Å². The Morgan fingerprint density at radius 2 is 0.684 bits per heavy atom. The summed E-state index contributed by atoms with van der Waals surface area (Å²) in [5.74, 6) is 0. The summed E-state index contributed by atoms with van der Waals surface area (Å²) in [5.41, 5.74) is 8.70. The van der Waals surface area contributed by atoms with Gasteiger partial charge in [0.2, 0.25) is 0 Å². The SMILES string of the molecule is Cc1cc(C(C)(C)C)cc(C(C)(C)C)c1.Cc1ccc2cc(C)ccc2c1.Cc1ccc2ccccc2c1. The van der Waals surface area contributed by atoms with Crippen molar-refractivity contribution in [3.05, 3.63) is 130 Å². The van der Waals surface area contributed by atoms with E-state index < -0.39 is 0 Å². The van der Waals surface area contributed by atoms with E-state index in [-0.39, 0.29) is 10.8 Å². The van der Waals surface area contributed by atoms with Crippen LogP contribution in [0.25, 0.3) is 21.5 Å². The van der Waals surface area contributed by atoms with Crippen LogP contribution in [0.4, 0.5) is 0 Å². The number of benzene rings is 5. The predicted octanol–water partition coefficient (Wildman–Crippen LogP) is 11.2. The fraction of sp³-hybridized carbons (Fsp3) is 0.316. The van der Waals surface area contributed by atoms with Crippen LogP contribution < -0.4 is 0 Å². The molecular weight excluding hydrogens is 456 g/mol. The molecule has 0 amide bonds. The zero-order valence-corrected chi connectivity index (χ0v) is 25.2. The first-order valence-electron chi connectivity index (χ1n) is 13.8. The quantitative estimate of drug-likeness (QED) is 0.197. The van der Waals surface area contributed by atoms with Crippen LogP contribution in [0.2, 0.25) is 0 Å². The molecule has 0 atom stereocenters. The van der Waals surface area contributed by atoms with E-state index in [1.807, 2.05) is 0 Å². The molecule has 0 fully saturated rings. The fourth-order valence-corrected chi connectivity index (χ4v) is 4.44. The fourth-order valence-electron chi connectivity index (χ4n) is 4.44. The summed E-state index contributed by atoms with van der Waals surface area (Å²) < 4.78 is 0. The highest BCUT2D eigenvalue weighted by atomic mass is 14.2. The Kier molecular flexibility index (Phi) is 9.21. The molecule has 198 valence electrons. The monoisotopic (exact) mass is 502 g/mol. The number of hydrogen-bond donors (Lipinski definition) is 0. The third-order valence-electron chi connectivity index (χ3n) is 6.87. The first kappa shape index (κ1) is 29.2. The van der Waals surface area contributed by atoms with Crippen LogP contribution in [0.3, 0.4) is 0 Å². The lowest BCUT2D eigenvalue weighted by atomic mass is 9.80. The molecule has 0 saturated heterocycles. The van der Waals surface area contributed by atoms with E-state index in [9.17, 15) is 0 Å². The highest BCUT2D eigenvalue weighted by Crippen LogP contribution is 2.30. The van der Waals surface area contributed by atoms with Crippen molar-refractivity contribution in [2.24, 2.45) is 0 Å². The summed E-state index contributed by atoms with van der Waals surface area (Å²) in [5, 5.41) is 5.31. The first-order chi connectivity index (χ1) is 17.7. The second-order valence-electron chi connectivity index (χ2n) is 12.8. The van der Waals surface area contributed by atoms with Gasteiger partial charge in [0, 0.05) is 0 Å². The third kappa shape index (κ3) is 8.32. The van der Waals surface area contributed by atoms with Crippen LogP contribution in [-0.2, 0) is 10.8 Å². The Labute approximate surface area is 231 Å². The zero-order chi connectivity index (χ0) is 28.1. The standard InChI is InChI=1S/C15H24.C12H12.C11H10/c1-11-8-12(14(2,3)4)10-13(9-11)15(5,6)7;1-9-3-5-12-8-10(2)4-6-11(12)7-9;1-9-6-7-10-4-2-3-5-11(10)8-9/h8-10H,1-7H3;3-8H,1-2H3;2-8H,1H3. The van der Waals surface area contributed by atoms with Crippen LogP contribution in [0.15, 0.2) is 97.1 Å². The van der Waals surface area contributed by atoms with Crippen molar-refractivity contribution in [2.45, 2.75) is 80.1 Å². The largest absolute Gasteiger partial charge is 0.0616 e. The maximum atomic E-state index is 2.35. The Morgan fingerprint density at radius 1 is 0.342 bits per heavy atom. The number of rotatable bonds is 0. The van der Waals surface area contributed by atoms with Gasteiger partial charge in [-0.25, -0.2) is 0 Å². The third-order valence-corrected chi connectivity index (χ3v) is 6.87. The lowest BCUT2D eigenvalue weighted by Gasteiger charge is -2.25. The molecule has 5 aromatic carbocycles. The summed E-state index contributed by atoms with van der Waals surface area (Å²) in [6.07, 6.45) is 0. The van der Waals surface area contributed by atoms with Crippen molar-refractivity contribution in [3.8, 4) is 0 Å². The molecule has 0 heterocycles. The van der Waals surface area contributed by atoms with E-state index in [1.54, 1.807) is 0 Å². The highest BCUT2D eigenvalue weighted by Gasteiger charge is 2.19. The van der Waals surface area contributed by atoms with Crippen LogP contribution in [0.1, 0.15) is 74.9 Å². The summed E-state index contributed by atoms with van der Waals surface area (Å²) >= 11 is 0. The van der Waals surface area contributed by atoms with Gasteiger partial charge in [0.15, 0.2) is 0 Å². The minimum Gasteiger partial charge on any atom is -0.0616 e. The van der Waals surface area contributed by atoms with E-state index in [0.29, 0.717) is 0 Å². The molecule has 0 N–H and O–H groups in total. The molecule has 0 aliphatic heterocycles. The first-order valence-corrected chi connectivity index (χ1v) is 13.8. The van der Waals surface area contributed by atoms with E-state index in [4.69, 9.17) is 0 Å². The molecule has 0 bridgehead atoms. The van der Waals surface area contributed by atoms with Crippen LogP contribution in [0, 0.1) is 27.7 Å². The molecule has 0 nitrogen and oxygen atoms in total. The van der Waals surface area contributed by atoms with Gasteiger partial charge >= 0.3 is 0 Å². The molecule has 0 saturated carbocycles. The Bertz CT molecular complexity index is 1430. The molecule has 38 heavy (non-hydrogen) atoms. The van der Waals surface area contributed by atoms with Gasteiger partial charge in [-0.3, -0.25) is 0 Å². The molecular formula is C38H46. The summed E-state index contributed by atoms with van der Waals surface area (Å²) in [6, 6.07) is 35.0. The van der Waals surface area contributed by atoms with Gasteiger partial charge in [-0.15, -0.1) is 0 Å². The smallest absolute Gasteiger partial charge is 0.0132 e. The van der Waals surface area contributed by atoms with E-state index >= 15 is 0 Å². The molecule has 0 radical (unpaired) electrons. The normalized spacial score (nSPS) is 11.4. The molecule has 0 aliphatic rings.